The molecule has 102 valence electrons. The molecule has 0 aliphatic carbocycles. The first-order chi connectivity index (χ1) is 7.77. The van der Waals surface area contributed by atoms with Gasteiger partial charge in [-0.05, 0) is 25.1 Å². The maximum absolute atomic E-state index is 10.5. The van der Waals surface area contributed by atoms with Gasteiger partial charge in [-0.2, -0.15) is 0 Å². The molecule has 1 N–H and O–H groups in total. The summed E-state index contributed by atoms with van der Waals surface area (Å²) in [7, 11) is 0. The number of nitrogens with zero attached hydrogens (tertiary/aromatic N) is 2. The molecule has 1 fully saturated rings. The van der Waals surface area contributed by atoms with Crippen LogP contribution in [0.2, 0.25) is 0 Å². The van der Waals surface area contributed by atoms with Crippen LogP contribution >= 0.6 is 24.8 Å². The number of nitro benzene ring substituents is 1. The van der Waals surface area contributed by atoms with Crippen LogP contribution in [0.25, 0.3) is 0 Å². The Kier molecular flexibility index (Phi) is 7.66. The van der Waals surface area contributed by atoms with Crippen molar-refractivity contribution >= 4 is 36.2 Å². The highest BCUT2D eigenvalue weighted by atomic mass is 35.5. The van der Waals surface area contributed by atoms with Gasteiger partial charge in [-0.3, -0.25) is 10.1 Å². The van der Waals surface area contributed by atoms with Crippen molar-refractivity contribution in [2.24, 2.45) is 0 Å². The first-order valence-corrected chi connectivity index (χ1v) is 5.47. The Bertz CT molecular complexity index is 365. The average molecular weight is 294 g/mol. The Labute approximate surface area is 119 Å². The van der Waals surface area contributed by atoms with E-state index in [1.165, 1.54) is 0 Å². The van der Waals surface area contributed by atoms with Crippen LogP contribution in [-0.4, -0.2) is 31.1 Å². The number of benzene rings is 1. The molecular weight excluding hydrogens is 277 g/mol. The van der Waals surface area contributed by atoms with Gasteiger partial charge in [0.2, 0.25) is 0 Å². The molecule has 1 heterocycles. The molecule has 5 nitrogen and oxygen atoms in total. The second-order valence-electron chi connectivity index (χ2n) is 3.86. The lowest BCUT2D eigenvalue weighted by molar-refractivity contribution is -0.384. The van der Waals surface area contributed by atoms with E-state index >= 15 is 0 Å². The van der Waals surface area contributed by atoms with Crippen LogP contribution in [0.5, 0.6) is 0 Å². The summed E-state index contributed by atoms with van der Waals surface area (Å²) in [5, 5.41) is 13.9. The lowest BCUT2D eigenvalue weighted by atomic mass is 10.2. The molecular formula is C11H17Cl2N3O2. The van der Waals surface area contributed by atoms with E-state index in [2.05, 4.69) is 10.2 Å². The van der Waals surface area contributed by atoms with Crippen molar-refractivity contribution in [3.63, 3.8) is 0 Å². The third-order valence-corrected chi connectivity index (χ3v) is 2.77. The second kappa shape index (κ2) is 8.13. The number of halogens is 2. The lowest BCUT2D eigenvalue weighted by Gasteiger charge is -2.21. The molecule has 0 amide bonds. The Balaban J connectivity index is 0.00000144. The highest BCUT2D eigenvalue weighted by Gasteiger charge is 2.11. The van der Waals surface area contributed by atoms with Crippen molar-refractivity contribution in [3.05, 3.63) is 34.4 Å². The van der Waals surface area contributed by atoms with E-state index in [1.807, 2.05) is 12.1 Å². The van der Waals surface area contributed by atoms with Gasteiger partial charge < -0.3 is 10.2 Å². The first-order valence-electron chi connectivity index (χ1n) is 5.47. The molecule has 0 aromatic heterocycles. The fourth-order valence-electron chi connectivity index (χ4n) is 1.89. The van der Waals surface area contributed by atoms with Crippen LogP contribution in [0.4, 0.5) is 11.4 Å². The van der Waals surface area contributed by atoms with Gasteiger partial charge in [0.05, 0.1) is 4.92 Å². The van der Waals surface area contributed by atoms with Crippen LogP contribution in [0, 0.1) is 10.1 Å². The normalized spacial score (nSPS) is 15.0. The maximum Gasteiger partial charge on any atom is 0.269 e. The molecule has 2 rings (SSSR count). The lowest BCUT2D eigenvalue weighted by Crippen LogP contribution is -2.27. The highest BCUT2D eigenvalue weighted by Crippen LogP contribution is 2.19. The standard InChI is InChI=1S/C11H15N3O2.2ClH/c15-14(16)11-4-2-10(3-5-11)13-8-1-6-12-7-9-13;;/h2-5,12H,1,6-9H2;2*1H. The number of non-ortho nitro benzene ring substituents is 1. The van der Waals surface area contributed by atoms with E-state index in [9.17, 15) is 10.1 Å². The minimum absolute atomic E-state index is 0. The van der Waals surface area contributed by atoms with Crippen LogP contribution in [0.15, 0.2) is 24.3 Å². The average Bonchev–Trinajstić information content (AvgIpc) is 2.57. The van der Waals surface area contributed by atoms with Gasteiger partial charge in [-0.25, -0.2) is 0 Å². The molecule has 0 unspecified atom stereocenters. The number of hydrogen-bond donors (Lipinski definition) is 1. The van der Waals surface area contributed by atoms with E-state index in [0.717, 1.165) is 38.3 Å². The molecule has 1 aliphatic rings. The third kappa shape index (κ3) is 4.33. The zero-order chi connectivity index (χ0) is 11.4. The van der Waals surface area contributed by atoms with E-state index in [-0.39, 0.29) is 35.4 Å². The van der Waals surface area contributed by atoms with Gasteiger partial charge in [0.15, 0.2) is 0 Å². The van der Waals surface area contributed by atoms with Crippen LogP contribution in [0.3, 0.4) is 0 Å². The molecule has 7 heteroatoms. The monoisotopic (exact) mass is 293 g/mol. The van der Waals surface area contributed by atoms with Crippen LogP contribution in [-0.2, 0) is 0 Å². The molecule has 0 radical (unpaired) electrons. The fraction of sp³-hybridized carbons (Fsp3) is 0.455. The number of anilines is 1. The number of rotatable bonds is 2. The van der Waals surface area contributed by atoms with Crippen molar-refractivity contribution < 1.29 is 4.92 Å². The van der Waals surface area contributed by atoms with Gasteiger partial charge in [0.1, 0.15) is 0 Å². The summed E-state index contributed by atoms with van der Waals surface area (Å²) < 4.78 is 0. The summed E-state index contributed by atoms with van der Waals surface area (Å²) in [6, 6.07) is 6.77. The van der Waals surface area contributed by atoms with Crippen molar-refractivity contribution in [1.82, 2.24) is 5.32 Å². The molecule has 0 spiro atoms. The topological polar surface area (TPSA) is 58.4 Å². The van der Waals surface area contributed by atoms with Gasteiger partial charge >= 0.3 is 0 Å². The minimum atomic E-state index is -0.367. The Morgan fingerprint density at radius 3 is 2.39 bits per heavy atom. The predicted octanol–water partition coefficient (Wildman–Crippen LogP) is 2.24. The molecule has 0 atom stereocenters. The Morgan fingerprint density at radius 1 is 1.11 bits per heavy atom. The van der Waals surface area contributed by atoms with Gasteiger partial charge in [-0.1, -0.05) is 0 Å². The quantitative estimate of drug-likeness (QED) is 0.671. The largest absolute Gasteiger partial charge is 0.370 e. The number of nitrogens with one attached hydrogen (secondary N) is 1. The van der Waals surface area contributed by atoms with Crippen molar-refractivity contribution in [2.75, 3.05) is 31.1 Å². The van der Waals surface area contributed by atoms with E-state index in [0.29, 0.717) is 0 Å². The zero-order valence-electron chi connectivity index (χ0n) is 9.87. The molecule has 18 heavy (non-hydrogen) atoms. The van der Waals surface area contributed by atoms with Crippen molar-refractivity contribution in [3.8, 4) is 0 Å². The Hall–Kier alpha value is -1.04. The maximum atomic E-state index is 10.5. The van der Waals surface area contributed by atoms with E-state index in [1.54, 1.807) is 12.1 Å². The SMILES string of the molecule is Cl.Cl.O=[N+]([O-])c1ccc(N2CCCNCC2)cc1. The molecule has 1 aromatic carbocycles. The van der Waals surface area contributed by atoms with E-state index in [4.69, 9.17) is 0 Å². The highest BCUT2D eigenvalue weighted by molar-refractivity contribution is 5.85. The second-order valence-corrected chi connectivity index (χ2v) is 3.86. The predicted molar refractivity (Wildman–Crippen MR) is 77.3 cm³/mol. The molecule has 1 aromatic rings. The van der Waals surface area contributed by atoms with Crippen LogP contribution < -0.4 is 10.2 Å². The summed E-state index contributed by atoms with van der Waals surface area (Å²) in [6.45, 7) is 3.98. The molecule has 0 saturated carbocycles. The summed E-state index contributed by atoms with van der Waals surface area (Å²) in [5.41, 5.74) is 1.21. The summed E-state index contributed by atoms with van der Waals surface area (Å²) in [5.74, 6) is 0. The first kappa shape index (κ1) is 17.0. The van der Waals surface area contributed by atoms with Crippen LogP contribution in [0.1, 0.15) is 6.42 Å². The summed E-state index contributed by atoms with van der Waals surface area (Å²) >= 11 is 0. The van der Waals surface area contributed by atoms with Gasteiger partial charge in [-0.15, -0.1) is 24.8 Å². The van der Waals surface area contributed by atoms with E-state index < -0.39 is 0 Å². The number of hydrogen-bond acceptors (Lipinski definition) is 4. The van der Waals surface area contributed by atoms with Crippen molar-refractivity contribution in [1.29, 1.82) is 0 Å². The summed E-state index contributed by atoms with van der Waals surface area (Å²) in [6.07, 6.45) is 1.11. The molecule has 1 aliphatic heterocycles. The van der Waals surface area contributed by atoms with Gasteiger partial charge in [0.25, 0.3) is 5.69 Å². The number of nitro groups is 1. The smallest absolute Gasteiger partial charge is 0.269 e. The van der Waals surface area contributed by atoms with Crippen molar-refractivity contribution in [2.45, 2.75) is 6.42 Å². The molecule has 1 saturated heterocycles. The third-order valence-electron chi connectivity index (χ3n) is 2.77. The van der Waals surface area contributed by atoms with Gasteiger partial charge in [0, 0.05) is 37.5 Å². The Morgan fingerprint density at radius 2 is 1.78 bits per heavy atom. The zero-order valence-corrected chi connectivity index (χ0v) is 11.5. The summed E-state index contributed by atoms with van der Waals surface area (Å²) in [4.78, 5) is 12.4. The molecule has 0 bridgehead atoms. The fourth-order valence-corrected chi connectivity index (χ4v) is 1.89. The minimum Gasteiger partial charge on any atom is -0.370 e.